The van der Waals surface area contributed by atoms with Crippen LogP contribution in [0.1, 0.15) is 78.7 Å². The van der Waals surface area contributed by atoms with Gasteiger partial charge in [0.25, 0.3) is 11.8 Å². The van der Waals surface area contributed by atoms with Crippen LogP contribution in [-0.2, 0) is 21.9 Å². The molecule has 2 aliphatic carbocycles. The molecule has 4 heterocycles. The number of carbonyl (C=O) groups is 2. The molecular weight excluding hydrogens is 790 g/mol. The molecule has 0 radical (unpaired) electrons. The first-order valence-electron chi connectivity index (χ1n) is 17.3. The standard InChI is InChI=1S/C20H19F3N2OS.C19H17F3N2O2S.Na.H2O/c1-10-15(17(26)25-19(10,3)13-8-9-13)16-11(2)27-18(24-16)12-4-6-14(7-5-12)20(21,22)23;1-9-14(13-15(25)18(2,11-7-8-11)24-16(13)26)23-17(27-9)10-3-5-12(6-4-10)19(20,21)22;;/h4-7,13H,8-9H2,1-3H3,(H,25,26);3-6,11,25H,7-8H2,1-2H3,(H,24,26);;1H2/q;;+1;/p-1. The van der Waals surface area contributed by atoms with E-state index in [0.29, 0.717) is 44.0 Å². The van der Waals surface area contributed by atoms with E-state index in [1.165, 1.54) is 46.9 Å². The SMILES string of the molecule is CC1=C(c2nc(-c3ccc(C(F)(F)F)cc3)sc2C)C(=O)NC1(C)C1CC1.Cc1sc(-c2ccc(C(F)(F)F)cc2)nc1C1=C(O)C(C)(C2CC2)NC1=O.[Na+].[OH-]. The third-order valence-electron chi connectivity index (χ3n) is 10.9. The quantitative estimate of drug-likeness (QED) is 0.146. The van der Waals surface area contributed by atoms with Crippen LogP contribution in [0.15, 0.2) is 59.9 Å². The topological polar surface area (TPSA) is 134 Å². The van der Waals surface area contributed by atoms with Crippen molar-refractivity contribution in [1.29, 1.82) is 0 Å². The first kappa shape index (κ1) is 43.6. The fourth-order valence-electron chi connectivity index (χ4n) is 7.18. The number of rotatable bonds is 6. The number of nitrogens with one attached hydrogen (secondary N) is 2. The number of aliphatic hydroxyl groups is 1. The van der Waals surface area contributed by atoms with E-state index in [0.717, 1.165) is 65.3 Å². The summed E-state index contributed by atoms with van der Waals surface area (Å²) in [7, 11) is 0. The third-order valence-corrected chi connectivity index (χ3v) is 12.9. The van der Waals surface area contributed by atoms with Crippen molar-refractivity contribution in [3.8, 4) is 21.1 Å². The van der Waals surface area contributed by atoms with E-state index in [9.17, 15) is 41.0 Å². The van der Waals surface area contributed by atoms with E-state index in [2.05, 4.69) is 27.5 Å². The van der Waals surface area contributed by atoms with E-state index in [4.69, 9.17) is 0 Å². The number of alkyl halides is 6. The average molecular weight is 827 g/mol. The van der Waals surface area contributed by atoms with Crippen LogP contribution in [0.2, 0.25) is 0 Å². The summed E-state index contributed by atoms with van der Waals surface area (Å²) in [4.78, 5) is 35.8. The van der Waals surface area contributed by atoms with Gasteiger partial charge in [-0.1, -0.05) is 24.3 Å². The molecule has 0 spiro atoms. The Bertz CT molecular complexity index is 2080. The van der Waals surface area contributed by atoms with Gasteiger partial charge in [0.05, 0.1) is 39.2 Å². The van der Waals surface area contributed by atoms with Crippen molar-refractivity contribution in [2.75, 3.05) is 0 Å². The maximum absolute atomic E-state index is 12.8. The summed E-state index contributed by atoms with van der Waals surface area (Å²) in [5.74, 6) is 0.199. The Hall–Kier alpha value is -3.54. The van der Waals surface area contributed by atoms with Gasteiger partial charge in [0.1, 0.15) is 21.3 Å². The zero-order chi connectivity index (χ0) is 39.1. The Balaban J connectivity index is 0.000000207. The first-order chi connectivity index (χ1) is 25.2. The molecule has 4 aliphatic rings. The molecule has 0 bridgehead atoms. The van der Waals surface area contributed by atoms with Crippen LogP contribution in [-0.4, -0.2) is 43.4 Å². The molecule has 56 heavy (non-hydrogen) atoms. The number of aromatic nitrogens is 2. The molecule has 8 rings (SSSR count). The number of carbonyl (C=O) groups excluding carboxylic acids is 2. The van der Waals surface area contributed by atoms with Crippen molar-refractivity contribution in [3.63, 3.8) is 0 Å². The van der Waals surface area contributed by atoms with Gasteiger partial charge in [-0.15, -0.1) is 22.7 Å². The van der Waals surface area contributed by atoms with Crippen LogP contribution in [0.5, 0.6) is 0 Å². The summed E-state index contributed by atoms with van der Waals surface area (Å²) in [6, 6.07) is 9.71. The minimum atomic E-state index is -4.39. The maximum atomic E-state index is 12.8. The van der Waals surface area contributed by atoms with Gasteiger partial charge in [0, 0.05) is 20.9 Å². The summed E-state index contributed by atoms with van der Waals surface area (Å²) in [5, 5.41) is 17.8. The van der Waals surface area contributed by atoms with Crippen LogP contribution < -0.4 is 40.2 Å². The molecule has 2 atom stereocenters. The third kappa shape index (κ3) is 7.97. The molecule has 292 valence electrons. The zero-order valence-electron chi connectivity index (χ0n) is 31.3. The number of amides is 2. The van der Waals surface area contributed by atoms with E-state index >= 15 is 0 Å². The first-order valence-corrected chi connectivity index (χ1v) is 19.0. The minimum Gasteiger partial charge on any atom is -0.870 e. The number of hydrogen-bond donors (Lipinski definition) is 3. The van der Waals surface area contributed by atoms with Crippen LogP contribution in [0.25, 0.3) is 32.3 Å². The smallest absolute Gasteiger partial charge is 0.870 e. The van der Waals surface area contributed by atoms with Crippen LogP contribution in [0.4, 0.5) is 26.3 Å². The van der Waals surface area contributed by atoms with Crippen LogP contribution >= 0.6 is 22.7 Å². The van der Waals surface area contributed by atoms with Gasteiger partial charge in [-0.2, -0.15) is 26.3 Å². The zero-order valence-corrected chi connectivity index (χ0v) is 34.9. The number of aryl methyl sites for hydroxylation is 2. The van der Waals surface area contributed by atoms with Crippen molar-refractivity contribution >= 4 is 45.6 Å². The largest absolute Gasteiger partial charge is 1.00 e. The van der Waals surface area contributed by atoms with Crippen LogP contribution in [0.3, 0.4) is 0 Å². The van der Waals surface area contributed by atoms with Crippen LogP contribution in [0, 0.1) is 25.7 Å². The predicted octanol–water partition coefficient (Wildman–Crippen LogP) is 6.74. The van der Waals surface area contributed by atoms with E-state index < -0.39 is 29.0 Å². The summed E-state index contributed by atoms with van der Waals surface area (Å²) in [6.07, 6.45) is -4.65. The molecule has 2 saturated carbocycles. The molecule has 17 heteroatoms. The normalized spacial score (nSPS) is 22.3. The van der Waals surface area contributed by atoms with Crippen molar-refractivity contribution in [2.45, 2.75) is 83.7 Å². The van der Waals surface area contributed by atoms with E-state index in [-0.39, 0.29) is 69.6 Å². The second-order valence-electron chi connectivity index (χ2n) is 14.6. The molecule has 4 aromatic rings. The van der Waals surface area contributed by atoms with Gasteiger partial charge >= 0.3 is 41.9 Å². The number of benzene rings is 2. The second kappa shape index (κ2) is 15.3. The molecule has 2 amide bonds. The molecule has 8 nitrogen and oxygen atoms in total. The van der Waals surface area contributed by atoms with Gasteiger partial charge in [-0.05, 0) is 102 Å². The molecule has 2 unspecified atom stereocenters. The Kier molecular flexibility index (Phi) is 11.9. The molecular formula is C39H37F6N4NaO4S2. The Morgan fingerprint density at radius 2 is 1.02 bits per heavy atom. The predicted molar refractivity (Wildman–Crippen MR) is 197 cm³/mol. The molecule has 2 aromatic heterocycles. The molecule has 2 fully saturated rings. The van der Waals surface area contributed by atoms with Crippen molar-refractivity contribution in [1.82, 2.24) is 20.6 Å². The molecule has 2 aromatic carbocycles. The Morgan fingerprint density at radius 1 is 0.661 bits per heavy atom. The van der Waals surface area contributed by atoms with Gasteiger partial charge in [-0.25, -0.2) is 9.97 Å². The molecule has 4 N–H and O–H groups in total. The van der Waals surface area contributed by atoms with Crippen molar-refractivity contribution in [3.05, 3.63) is 92.1 Å². The summed E-state index contributed by atoms with van der Waals surface area (Å²) in [5.41, 5.74) is 1.44. The van der Waals surface area contributed by atoms with Gasteiger partial charge < -0.3 is 21.2 Å². The minimum absolute atomic E-state index is 0. The summed E-state index contributed by atoms with van der Waals surface area (Å²) in [6.45, 7) is 9.51. The van der Waals surface area contributed by atoms with E-state index in [1.54, 1.807) is 6.92 Å². The van der Waals surface area contributed by atoms with E-state index in [1.807, 2.05) is 20.8 Å². The molecule has 2 aliphatic heterocycles. The number of nitrogens with zero attached hydrogens (tertiary/aromatic N) is 2. The fourth-order valence-corrected chi connectivity index (χ4v) is 9.03. The average Bonchev–Trinajstić information content (AvgIpc) is 4.03. The van der Waals surface area contributed by atoms with Gasteiger partial charge in [0.2, 0.25) is 0 Å². The maximum Gasteiger partial charge on any atom is 1.00 e. The second-order valence-corrected chi connectivity index (χ2v) is 17.0. The number of hydrogen-bond acceptors (Lipinski definition) is 8. The Morgan fingerprint density at radius 3 is 1.41 bits per heavy atom. The van der Waals surface area contributed by atoms with Gasteiger partial charge in [-0.3, -0.25) is 9.59 Å². The number of aliphatic hydroxyl groups excluding tert-OH is 1. The molecule has 0 saturated heterocycles. The summed E-state index contributed by atoms with van der Waals surface area (Å²) >= 11 is 2.67. The number of thiazole rings is 2. The van der Waals surface area contributed by atoms with Gasteiger partial charge in [0.15, 0.2) is 0 Å². The fraction of sp³-hybridized carbons (Fsp3) is 0.385. The monoisotopic (exact) mass is 826 g/mol. The number of halogens is 6. The van der Waals surface area contributed by atoms with Crippen molar-refractivity contribution < 1.29 is 76.1 Å². The summed E-state index contributed by atoms with van der Waals surface area (Å²) < 4.78 is 76.5. The Labute approximate surface area is 349 Å². The van der Waals surface area contributed by atoms with Crippen molar-refractivity contribution in [2.24, 2.45) is 11.8 Å².